The van der Waals surface area contributed by atoms with E-state index in [2.05, 4.69) is 23.7 Å². The summed E-state index contributed by atoms with van der Waals surface area (Å²) in [5, 5.41) is 2.21. The summed E-state index contributed by atoms with van der Waals surface area (Å²) in [4.78, 5) is 22.5. The molecule has 0 spiro atoms. The molecule has 0 radical (unpaired) electrons. The lowest BCUT2D eigenvalue weighted by molar-refractivity contribution is -0.123. The van der Waals surface area contributed by atoms with Crippen LogP contribution in [-0.4, -0.2) is 82.5 Å². The van der Waals surface area contributed by atoms with E-state index < -0.39 is 19.9 Å². The smallest absolute Gasteiger partial charge is 0.252 e. The van der Waals surface area contributed by atoms with E-state index in [0.29, 0.717) is 45.5 Å². The van der Waals surface area contributed by atoms with Gasteiger partial charge in [0.1, 0.15) is 9.73 Å². The highest BCUT2D eigenvalue weighted by molar-refractivity contribution is 7.91. The van der Waals surface area contributed by atoms with Gasteiger partial charge in [-0.25, -0.2) is 21.8 Å². The van der Waals surface area contributed by atoms with E-state index in [1.165, 1.54) is 33.0 Å². The molecule has 1 aromatic carbocycles. The van der Waals surface area contributed by atoms with Crippen molar-refractivity contribution in [2.75, 3.05) is 50.4 Å². The first-order chi connectivity index (χ1) is 17.6. The van der Waals surface area contributed by atoms with Gasteiger partial charge in [-0.15, -0.1) is 23.7 Å². The van der Waals surface area contributed by atoms with Crippen molar-refractivity contribution in [2.45, 2.75) is 35.8 Å². The highest BCUT2D eigenvalue weighted by Crippen LogP contribution is 2.34. The topological polar surface area (TPSA) is 108 Å². The standard InChI is InChI=1S/C24H32N4O5S4.ClH/c1-4-26(5-2)15-16-28(24-25-22-19(35-24)8-6-9-20(22)36(3,30)31)23(29)18-11-13-27(14-12-18)37(32,33)21-10-7-17-34-21;/h6-10,17-18H,4-5,11-16H2,1-3H3;1H. The molecule has 1 saturated heterocycles. The molecule has 9 nitrogen and oxygen atoms in total. The fourth-order valence-corrected chi connectivity index (χ4v) is 9.04. The summed E-state index contributed by atoms with van der Waals surface area (Å²) < 4.78 is 52.9. The molecule has 3 heterocycles. The van der Waals surface area contributed by atoms with Crippen molar-refractivity contribution in [1.29, 1.82) is 0 Å². The largest absolute Gasteiger partial charge is 0.302 e. The number of thiophene rings is 1. The number of aromatic nitrogens is 1. The third-order valence-corrected chi connectivity index (χ3v) is 12.1. The fourth-order valence-electron chi connectivity index (χ4n) is 4.51. The van der Waals surface area contributed by atoms with Gasteiger partial charge in [0.05, 0.1) is 9.60 Å². The number of rotatable bonds is 10. The van der Waals surface area contributed by atoms with Gasteiger partial charge in [-0.1, -0.05) is 37.3 Å². The first kappa shape index (κ1) is 30.9. The Labute approximate surface area is 238 Å². The molecule has 0 aliphatic carbocycles. The van der Waals surface area contributed by atoms with Crippen LogP contribution in [0.25, 0.3) is 10.2 Å². The van der Waals surface area contributed by atoms with E-state index in [9.17, 15) is 21.6 Å². The first-order valence-electron chi connectivity index (χ1n) is 12.2. The molecule has 0 unspecified atom stereocenters. The van der Waals surface area contributed by atoms with Crippen molar-refractivity contribution in [3.63, 3.8) is 0 Å². The fraction of sp³-hybridized carbons (Fsp3) is 0.500. The highest BCUT2D eigenvalue weighted by Gasteiger charge is 2.35. The second-order valence-electron chi connectivity index (χ2n) is 9.00. The second kappa shape index (κ2) is 12.7. The normalized spacial score (nSPS) is 15.6. The van der Waals surface area contributed by atoms with Crippen molar-refractivity contribution in [2.24, 2.45) is 5.92 Å². The maximum atomic E-state index is 13.8. The SMILES string of the molecule is CCN(CC)CCN(C(=O)C1CCN(S(=O)(=O)c2cccs2)CC1)c1nc2c(S(C)(=O)=O)cccc2s1.Cl. The van der Waals surface area contributed by atoms with Gasteiger partial charge in [-0.3, -0.25) is 9.69 Å². The van der Waals surface area contributed by atoms with Gasteiger partial charge in [0.15, 0.2) is 15.0 Å². The van der Waals surface area contributed by atoms with Gasteiger partial charge in [-0.2, -0.15) is 4.31 Å². The molecule has 0 bridgehead atoms. The van der Waals surface area contributed by atoms with Crippen LogP contribution in [0.15, 0.2) is 44.8 Å². The van der Waals surface area contributed by atoms with Gasteiger partial charge in [-0.05, 0) is 49.5 Å². The quantitative estimate of drug-likeness (QED) is 0.338. The van der Waals surface area contributed by atoms with Crippen molar-refractivity contribution < 1.29 is 21.6 Å². The highest BCUT2D eigenvalue weighted by atomic mass is 35.5. The molecule has 210 valence electrons. The van der Waals surface area contributed by atoms with Crippen LogP contribution in [0.4, 0.5) is 5.13 Å². The molecule has 3 aromatic rings. The van der Waals surface area contributed by atoms with Crippen LogP contribution in [0.2, 0.25) is 0 Å². The average molecular weight is 621 g/mol. The number of para-hydroxylation sites is 1. The Morgan fingerprint density at radius 3 is 2.32 bits per heavy atom. The van der Waals surface area contributed by atoms with Crippen LogP contribution in [0.1, 0.15) is 26.7 Å². The number of halogens is 1. The maximum Gasteiger partial charge on any atom is 0.252 e. The predicted molar refractivity (Wildman–Crippen MR) is 156 cm³/mol. The molecule has 0 saturated carbocycles. The Morgan fingerprint density at radius 2 is 1.74 bits per heavy atom. The van der Waals surface area contributed by atoms with E-state index in [-0.39, 0.29) is 42.2 Å². The van der Waals surface area contributed by atoms with Crippen molar-refractivity contribution >= 4 is 76.2 Å². The zero-order valence-electron chi connectivity index (χ0n) is 21.6. The summed E-state index contributed by atoms with van der Waals surface area (Å²) >= 11 is 2.50. The van der Waals surface area contributed by atoms with Crippen LogP contribution in [-0.2, 0) is 24.7 Å². The van der Waals surface area contributed by atoms with Crippen molar-refractivity contribution in [1.82, 2.24) is 14.2 Å². The zero-order chi connectivity index (χ0) is 26.8. The molecule has 1 aliphatic heterocycles. The van der Waals surface area contributed by atoms with E-state index in [1.807, 2.05) is 6.07 Å². The maximum absolute atomic E-state index is 13.8. The predicted octanol–water partition coefficient (Wildman–Crippen LogP) is 3.96. The molecule has 38 heavy (non-hydrogen) atoms. The Morgan fingerprint density at radius 1 is 1.05 bits per heavy atom. The zero-order valence-corrected chi connectivity index (χ0v) is 25.7. The number of likely N-dealkylation sites (N-methyl/N-ethyl adjacent to an activating group) is 1. The van der Waals surface area contributed by atoms with Gasteiger partial charge < -0.3 is 4.90 Å². The van der Waals surface area contributed by atoms with Gasteiger partial charge >= 0.3 is 0 Å². The summed E-state index contributed by atoms with van der Waals surface area (Å²) in [5.41, 5.74) is 0.377. The molecule has 2 aromatic heterocycles. The summed E-state index contributed by atoms with van der Waals surface area (Å²) in [6.07, 6.45) is 2.00. The number of sulfone groups is 1. The number of hydrogen-bond acceptors (Lipinski definition) is 9. The van der Waals surface area contributed by atoms with Crippen LogP contribution in [0.5, 0.6) is 0 Å². The third-order valence-electron chi connectivity index (χ3n) is 6.69. The van der Waals surface area contributed by atoms with E-state index in [4.69, 9.17) is 0 Å². The minimum atomic E-state index is -3.55. The average Bonchev–Trinajstić information content (AvgIpc) is 3.56. The van der Waals surface area contributed by atoms with E-state index in [0.717, 1.165) is 19.3 Å². The first-order valence-corrected chi connectivity index (χ1v) is 17.3. The number of piperidine rings is 1. The molecule has 1 aliphatic rings. The Bertz CT molecular complexity index is 1450. The number of sulfonamides is 1. The second-order valence-corrected chi connectivity index (χ2v) is 15.1. The number of nitrogens with zero attached hydrogens (tertiary/aromatic N) is 4. The number of anilines is 1. The minimum absolute atomic E-state index is 0. The number of carbonyl (C=O) groups is 1. The molecule has 0 N–H and O–H groups in total. The lowest BCUT2D eigenvalue weighted by atomic mass is 9.96. The minimum Gasteiger partial charge on any atom is -0.302 e. The van der Waals surface area contributed by atoms with Gasteiger partial charge in [0.25, 0.3) is 10.0 Å². The number of hydrogen-bond donors (Lipinski definition) is 0. The Hall–Kier alpha value is -1.61. The lowest BCUT2D eigenvalue weighted by Crippen LogP contribution is -2.46. The number of thiazole rings is 1. The lowest BCUT2D eigenvalue weighted by Gasteiger charge is -2.33. The van der Waals surface area contributed by atoms with Gasteiger partial charge in [0, 0.05) is 38.4 Å². The molecule has 1 fully saturated rings. The summed E-state index contributed by atoms with van der Waals surface area (Å²) in [5.74, 6) is -0.437. The molecule has 14 heteroatoms. The third kappa shape index (κ3) is 6.57. The molecular formula is C24H33ClN4O5S4. The Kier molecular flexibility index (Phi) is 10.3. The van der Waals surface area contributed by atoms with Crippen LogP contribution >= 0.6 is 35.1 Å². The number of amides is 1. The molecule has 1 amide bonds. The number of fused-ring (bicyclic) bond motifs is 1. The number of carbonyl (C=O) groups excluding carboxylic acids is 1. The summed E-state index contributed by atoms with van der Waals surface area (Å²) in [6, 6.07) is 8.35. The van der Waals surface area contributed by atoms with Crippen LogP contribution in [0, 0.1) is 5.92 Å². The molecule has 0 atom stereocenters. The molecule has 4 rings (SSSR count). The van der Waals surface area contributed by atoms with Crippen LogP contribution < -0.4 is 4.90 Å². The summed E-state index contributed by atoms with van der Waals surface area (Å²) in [7, 11) is -7.04. The monoisotopic (exact) mass is 620 g/mol. The summed E-state index contributed by atoms with van der Waals surface area (Å²) in [6.45, 7) is 7.44. The van der Waals surface area contributed by atoms with E-state index >= 15 is 0 Å². The van der Waals surface area contributed by atoms with Gasteiger partial charge in [0.2, 0.25) is 5.91 Å². The van der Waals surface area contributed by atoms with E-state index in [1.54, 1.807) is 28.5 Å². The van der Waals surface area contributed by atoms with Crippen LogP contribution in [0.3, 0.4) is 0 Å². The molecular weight excluding hydrogens is 588 g/mol. The van der Waals surface area contributed by atoms with Crippen molar-refractivity contribution in [3.8, 4) is 0 Å². The Balaban J connectivity index is 0.00000400. The number of benzene rings is 1. The van der Waals surface area contributed by atoms with Crippen molar-refractivity contribution in [3.05, 3.63) is 35.7 Å².